The molecule has 1 aromatic carbocycles. The number of hydrogen-bond acceptors (Lipinski definition) is 5. The van der Waals surface area contributed by atoms with Crippen LogP contribution in [0.1, 0.15) is 38.3 Å². The van der Waals surface area contributed by atoms with Crippen molar-refractivity contribution >= 4 is 28.8 Å². The number of likely N-dealkylation sites (tertiary alicyclic amines) is 1. The molecule has 0 N–H and O–H groups in total. The van der Waals surface area contributed by atoms with E-state index in [0.717, 1.165) is 10.3 Å². The fourth-order valence-corrected chi connectivity index (χ4v) is 4.37. The first-order valence-corrected chi connectivity index (χ1v) is 9.42. The molecular weight excluding hydrogens is 372 g/mol. The number of rotatable bonds is 0. The highest BCUT2D eigenvalue weighted by atomic mass is 16.6. The summed E-state index contributed by atoms with van der Waals surface area (Å²) >= 11 is 0. The number of imidazole rings is 1. The third kappa shape index (κ3) is 2.25. The molecule has 0 unspecified atom stereocenters. The van der Waals surface area contributed by atoms with Gasteiger partial charge in [-0.25, -0.2) is 14.3 Å². The van der Waals surface area contributed by atoms with Gasteiger partial charge in [0.15, 0.2) is 5.82 Å². The van der Waals surface area contributed by atoms with E-state index in [2.05, 4.69) is 4.98 Å². The molecule has 1 fully saturated rings. The normalized spacial score (nSPS) is 20.6. The standard InChI is InChI=1S/C21H20N4O4/c1-21(2,3)29-20(28)25-12-8-6-5-7-11(12)13-14-16(19(27)23(4)18(14)26)24-10-9-22-17(24)15(13)25/h5-10,14,16H,1-4H3/t14-,16+/m0/s1. The van der Waals surface area contributed by atoms with Crippen LogP contribution in [0.5, 0.6) is 0 Å². The predicted molar refractivity (Wildman–Crippen MR) is 104 cm³/mol. The van der Waals surface area contributed by atoms with Gasteiger partial charge >= 0.3 is 6.09 Å². The Morgan fingerprint density at radius 2 is 1.86 bits per heavy atom. The molecule has 0 bridgehead atoms. The number of carbonyl (C=O) groups excluding carboxylic acids is 3. The van der Waals surface area contributed by atoms with Gasteiger partial charge in [0.25, 0.3) is 5.91 Å². The first-order chi connectivity index (χ1) is 13.7. The third-order valence-corrected chi connectivity index (χ3v) is 5.48. The number of amides is 2. The summed E-state index contributed by atoms with van der Waals surface area (Å²) in [5, 5.41) is 0.744. The highest BCUT2D eigenvalue weighted by Gasteiger charge is 2.53. The minimum Gasteiger partial charge on any atom is -0.443 e. The van der Waals surface area contributed by atoms with Crippen LogP contribution in [0.15, 0.2) is 36.7 Å². The van der Waals surface area contributed by atoms with Crippen molar-refractivity contribution in [2.24, 2.45) is 0 Å². The maximum atomic E-state index is 13.2. The van der Waals surface area contributed by atoms with Gasteiger partial charge in [0.05, 0.1) is 11.4 Å². The van der Waals surface area contributed by atoms with Crippen LogP contribution in [0.25, 0.3) is 22.4 Å². The minimum absolute atomic E-state index is 0.279. The molecule has 29 heavy (non-hydrogen) atoms. The molecule has 5 rings (SSSR count). The number of imide groups is 1. The van der Waals surface area contributed by atoms with Gasteiger partial charge < -0.3 is 9.30 Å². The van der Waals surface area contributed by atoms with E-state index in [0.29, 0.717) is 22.6 Å². The van der Waals surface area contributed by atoms with E-state index in [9.17, 15) is 14.4 Å². The van der Waals surface area contributed by atoms with Crippen molar-refractivity contribution < 1.29 is 19.1 Å². The van der Waals surface area contributed by atoms with Crippen molar-refractivity contribution in [1.82, 2.24) is 19.0 Å². The number of hydrogen-bond donors (Lipinski definition) is 0. The largest absolute Gasteiger partial charge is 0.443 e. The van der Waals surface area contributed by atoms with Gasteiger partial charge in [-0.15, -0.1) is 0 Å². The Kier molecular flexibility index (Phi) is 3.39. The SMILES string of the molecule is CN1C(=O)[C@H]2c3c(n(C(=O)OC(C)(C)C)c4ccccc34)-c3nccn3[C@H]2C1=O. The van der Waals surface area contributed by atoms with Gasteiger partial charge in [-0.3, -0.25) is 14.5 Å². The van der Waals surface area contributed by atoms with Crippen LogP contribution in [0, 0.1) is 0 Å². The van der Waals surface area contributed by atoms with Crippen LogP contribution in [-0.2, 0) is 14.3 Å². The Morgan fingerprint density at radius 3 is 2.59 bits per heavy atom. The second-order valence-electron chi connectivity index (χ2n) is 8.41. The maximum Gasteiger partial charge on any atom is 0.419 e. The summed E-state index contributed by atoms with van der Waals surface area (Å²) in [7, 11) is 1.49. The van der Waals surface area contributed by atoms with E-state index >= 15 is 0 Å². The van der Waals surface area contributed by atoms with E-state index in [1.54, 1.807) is 37.7 Å². The Morgan fingerprint density at radius 1 is 1.14 bits per heavy atom. The molecular formula is C21H20N4O4. The smallest absolute Gasteiger partial charge is 0.419 e. The average molecular weight is 392 g/mol. The molecule has 0 spiro atoms. The summed E-state index contributed by atoms with van der Waals surface area (Å²) < 4.78 is 8.82. The molecule has 2 atom stereocenters. The first-order valence-electron chi connectivity index (χ1n) is 9.42. The van der Waals surface area contributed by atoms with Crippen molar-refractivity contribution in [3.05, 3.63) is 42.2 Å². The van der Waals surface area contributed by atoms with Gasteiger partial charge in [0.1, 0.15) is 17.3 Å². The monoisotopic (exact) mass is 392 g/mol. The molecule has 2 amide bonds. The quantitative estimate of drug-likeness (QED) is 0.549. The van der Waals surface area contributed by atoms with Crippen LogP contribution in [0.2, 0.25) is 0 Å². The fourth-order valence-electron chi connectivity index (χ4n) is 4.37. The third-order valence-electron chi connectivity index (χ3n) is 5.48. The van der Waals surface area contributed by atoms with Crippen LogP contribution in [0.3, 0.4) is 0 Å². The van der Waals surface area contributed by atoms with E-state index in [4.69, 9.17) is 4.74 Å². The number of carbonyl (C=O) groups is 3. The zero-order valence-electron chi connectivity index (χ0n) is 16.5. The van der Waals surface area contributed by atoms with E-state index in [1.165, 1.54) is 11.6 Å². The number of likely N-dealkylation sites (N-methyl/N-ethyl adjacent to an activating group) is 1. The molecule has 0 saturated carbocycles. The number of aromatic nitrogens is 3. The number of benzene rings is 1. The van der Waals surface area contributed by atoms with Gasteiger partial charge in [0.2, 0.25) is 5.91 Å². The molecule has 2 aliphatic heterocycles. The lowest BCUT2D eigenvalue weighted by atomic mass is 9.87. The van der Waals surface area contributed by atoms with Crippen LogP contribution in [0.4, 0.5) is 4.79 Å². The Labute approximate surface area is 166 Å². The minimum atomic E-state index is -0.710. The topological polar surface area (TPSA) is 86.4 Å². The van der Waals surface area contributed by atoms with Crippen LogP contribution in [-0.4, -0.2) is 49.6 Å². The second kappa shape index (κ2) is 5.56. The molecule has 3 aromatic rings. The molecule has 148 valence electrons. The van der Waals surface area contributed by atoms with Crippen molar-refractivity contribution in [3.63, 3.8) is 0 Å². The van der Waals surface area contributed by atoms with Gasteiger partial charge in [-0.1, -0.05) is 18.2 Å². The average Bonchev–Trinajstić information content (AvgIpc) is 3.31. The lowest BCUT2D eigenvalue weighted by Crippen LogP contribution is -2.30. The van der Waals surface area contributed by atoms with Crippen molar-refractivity contribution in [3.8, 4) is 11.5 Å². The summed E-state index contributed by atoms with van der Waals surface area (Å²) in [5.74, 6) is -0.802. The summed E-state index contributed by atoms with van der Waals surface area (Å²) in [6.07, 6.45) is 2.71. The fraction of sp³-hybridized carbons (Fsp3) is 0.333. The van der Waals surface area contributed by atoms with Crippen molar-refractivity contribution in [2.45, 2.75) is 38.3 Å². The van der Waals surface area contributed by atoms with Crippen molar-refractivity contribution in [1.29, 1.82) is 0 Å². The highest BCUT2D eigenvalue weighted by molar-refractivity contribution is 6.13. The molecule has 0 aliphatic carbocycles. The van der Waals surface area contributed by atoms with Gasteiger partial charge in [-0.05, 0) is 26.8 Å². The summed E-state index contributed by atoms with van der Waals surface area (Å²) in [5.41, 5.74) is 1.08. The first kappa shape index (κ1) is 17.7. The summed E-state index contributed by atoms with van der Waals surface area (Å²) in [4.78, 5) is 44.7. The molecule has 2 aromatic heterocycles. The Bertz CT molecular complexity index is 1210. The Balaban J connectivity index is 1.87. The zero-order chi connectivity index (χ0) is 20.7. The lowest BCUT2D eigenvalue weighted by Gasteiger charge is -2.26. The number of ether oxygens (including phenoxy) is 1. The van der Waals surface area contributed by atoms with Crippen LogP contribution < -0.4 is 0 Å². The number of nitrogens with zero attached hydrogens (tertiary/aromatic N) is 4. The highest BCUT2D eigenvalue weighted by Crippen LogP contribution is 2.50. The van der Waals surface area contributed by atoms with E-state index in [1.807, 2.05) is 24.3 Å². The molecule has 0 radical (unpaired) electrons. The lowest BCUT2D eigenvalue weighted by molar-refractivity contribution is -0.137. The molecule has 1 saturated heterocycles. The van der Waals surface area contributed by atoms with E-state index < -0.39 is 23.7 Å². The summed E-state index contributed by atoms with van der Waals surface area (Å²) in [6.45, 7) is 5.40. The predicted octanol–water partition coefficient (Wildman–Crippen LogP) is 2.92. The number of para-hydroxylation sites is 1. The Hall–Kier alpha value is -3.42. The second-order valence-corrected chi connectivity index (χ2v) is 8.41. The molecule has 8 nitrogen and oxygen atoms in total. The molecule has 4 heterocycles. The zero-order valence-corrected chi connectivity index (χ0v) is 16.5. The maximum absolute atomic E-state index is 13.2. The van der Waals surface area contributed by atoms with Gasteiger partial charge in [-0.2, -0.15) is 0 Å². The molecule has 2 aliphatic rings. The van der Waals surface area contributed by atoms with Crippen LogP contribution >= 0.6 is 0 Å². The van der Waals surface area contributed by atoms with E-state index in [-0.39, 0.29) is 11.8 Å². The molecule has 8 heteroatoms. The number of fused-ring (bicyclic) bond motifs is 8. The van der Waals surface area contributed by atoms with Gasteiger partial charge in [0, 0.05) is 30.4 Å². The summed E-state index contributed by atoms with van der Waals surface area (Å²) in [6, 6.07) is 6.65. The van der Waals surface area contributed by atoms with Crippen molar-refractivity contribution in [2.75, 3.05) is 7.05 Å².